The second kappa shape index (κ2) is 5.78. The van der Waals surface area contributed by atoms with Crippen molar-refractivity contribution in [3.05, 3.63) is 54.1 Å². The van der Waals surface area contributed by atoms with Gasteiger partial charge in [-0.25, -0.2) is 0 Å². The van der Waals surface area contributed by atoms with E-state index in [4.69, 9.17) is 4.74 Å². The third kappa shape index (κ3) is 3.60. The second-order valence-electron chi connectivity index (χ2n) is 5.54. The minimum atomic E-state index is -2.14. The molecule has 2 aromatic rings. The van der Waals surface area contributed by atoms with Gasteiger partial charge in [0.25, 0.3) is 0 Å². The molecule has 0 saturated heterocycles. The van der Waals surface area contributed by atoms with Crippen LogP contribution in [0.15, 0.2) is 48.5 Å². The van der Waals surface area contributed by atoms with Crippen molar-refractivity contribution in [2.24, 2.45) is 0 Å². The van der Waals surface area contributed by atoms with Crippen LogP contribution in [0.5, 0.6) is 11.5 Å². The van der Waals surface area contributed by atoms with Crippen LogP contribution in [-0.2, 0) is 0 Å². The van der Waals surface area contributed by atoms with Gasteiger partial charge in [-0.15, -0.1) is 0 Å². The summed E-state index contributed by atoms with van der Waals surface area (Å²) in [5.74, 6) is 1.37. The fraction of sp³-hybridized carbons (Fsp3) is 0.188. The SMILES string of the molecule is [CH3][Sn]([CH3])([CH3])[c]1ccc(Oc2ccccc2)c(C=O)c1. The van der Waals surface area contributed by atoms with Gasteiger partial charge in [-0.3, -0.25) is 0 Å². The molecule has 2 rings (SSSR count). The number of benzene rings is 2. The zero-order valence-corrected chi connectivity index (χ0v) is 14.4. The van der Waals surface area contributed by atoms with E-state index in [9.17, 15) is 4.79 Å². The predicted molar refractivity (Wildman–Crippen MR) is 81.3 cm³/mol. The number of hydrogen-bond donors (Lipinski definition) is 0. The van der Waals surface area contributed by atoms with E-state index in [0.717, 1.165) is 12.0 Å². The summed E-state index contributed by atoms with van der Waals surface area (Å²) in [5, 5.41) is 0. The summed E-state index contributed by atoms with van der Waals surface area (Å²) in [6, 6.07) is 15.5. The van der Waals surface area contributed by atoms with E-state index in [2.05, 4.69) is 20.9 Å². The first kappa shape index (κ1) is 14.1. The van der Waals surface area contributed by atoms with Gasteiger partial charge >= 0.3 is 118 Å². The molecule has 98 valence electrons. The first-order chi connectivity index (χ1) is 9.00. The van der Waals surface area contributed by atoms with Crippen molar-refractivity contribution in [2.75, 3.05) is 0 Å². The zero-order chi connectivity index (χ0) is 13.9. The van der Waals surface area contributed by atoms with Gasteiger partial charge < -0.3 is 0 Å². The maximum atomic E-state index is 11.2. The Morgan fingerprint density at radius 3 is 2.26 bits per heavy atom. The van der Waals surface area contributed by atoms with E-state index >= 15 is 0 Å². The molecule has 0 heterocycles. The van der Waals surface area contributed by atoms with Crippen LogP contribution in [-0.4, -0.2) is 24.7 Å². The number of ether oxygens (including phenoxy) is 1. The Hall–Kier alpha value is -1.29. The Morgan fingerprint density at radius 1 is 1.00 bits per heavy atom. The van der Waals surface area contributed by atoms with Gasteiger partial charge in [-0.2, -0.15) is 0 Å². The average molecular weight is 361 g/mol. The van der Waals surface area contributed by atoms with Crippen molar-refractivity contribution in [3.8, 4) is 11.5 Å². The maximum absolute atomic E-state index is 11.2. The van der Waals surface area contributed by atoms with Gasteiger partial charge in [0.1, 0.15) is 0 Å². The second-order valence-corrected chi connectivity index (χ2v) is 20.0. The molecule has 3 heteroatoms. The Bertz CT molecular complexity index is 571. The van der Waals surface area contributed by atoms with Crippen molar-refractivity contribution < 1.29 is 9.53 Å². The molecule has 2 nitrogen and oxygen atoms in total. The third-order valence-corrected chi connectivity index (χ3v) is 8.80. The van der Waals surface area contributed by atoms with Gasteiger partial charge in [-0.1, -0.05) is 0 Å². The fourth-order valence-corrected chi connectivity index (χ4v) is 5.16. The van der Waals surface area contributed by atoms with E-state index in [1.165, 1.54) is 3.58 Å². The molecule has 0 radical (unpaired) electrons. The summed E-state index contributed by atoms with van der Waals surface area (Å²) in [6.45, 7) is 0. The quantitative estimate of drug-likeness (QED) is 0.611. The molecule has 2 aromatic carbocycles. The van der Waals surface area contributed by atoms with Crippen LogP contribution in [0.1, 0.15) is 10.4 Å². The molecule has 19 heavy (non-hydrogen) atoms. The first-order valence-electron chi connectivity index (χ1n) is 6.33. The number of aldehydes is 1. The molecule has 0 aliphatic rings. The Kier molecular flexibility index (Phi) is 4.30. The van der Waals surface area contributed by atoms with Crippen molar-refractivity contribution >= 4 is 28.2 Å². The van der Waals surface area contributed by atoms with Crippen LogP contribution in [0.25, 0.3) is 0 Å². The fourth-order valence-electron chi connectivity index (χ4n) is 1.82. The minimum absolute atomic E-state index is 0.625. The summed E-state index contributed by atoms with van der Waals surface area (Å²) in [6.07, 6.45) is 0.874. The molecular formula is C16H18O2Sn. The Balaban J connectivity index is 2.34. The Morgan fingerprint density at radius 2 is 1.68 bits per heavy atom. The number of hydrogen-bond acceptors (Lipinski definition) is 2. The molecule has 0 aromatic heterocycles. The normalized spacial score (nSPS) is 11.1. The van der Waals surface area contributed by atoms with E-state index in [0.29, 0.717) is 11.3 Å². The topological polar surface area (TPSA) is 26.3 Å². The molecule has 0 unspecified atom stereocenters. The van der Waals surface area contributed by atoms with Gasteiger partial charge in [-0.05, 0) is 0 Å². The molecule has 0 fully saturated rings. The monoisotopic (exact) mass is 362 g/mol. The molecule has 0 atom stereocenters. The van der Waals surface area contributed by atoms with Crippen molar-refractivity contribution in [3.63, 3.8) is 0 Å². The summed E-state index contributed by atoms with van der Waals surface area (Å²) >= 11 is -2.14. The van der Waals surface area contributed by atoms with Crippen molar-refractivity contribution in [1.29, 1.82) is 0 Å². The van der Waals surface area contributed by atoms with E-state index < -0.39 is 18.4 Å². The Labute approximate surface area is 118 Å². The third-order valence-electron chi connectivity index (χ3n) is 2.97. The van der Waals surface area contributed by atoms with Crippen LogP contribution in [0.3, 0.4) is 0 Å². The molecule has 0 saturated carbocycles. The predicted octanol–water partition coefficient (Wildman–Crippen LogP) is 3.84. The standard InChI is InChI=1S/C13H9O2.3CH3.Sn/c14-10-11-6-4-5-9-13(11)15-12-7-2-1-3-8-12;;;;/h1-3,5-10H;3*1H3;. The van der Waals surface area contributed by atoms with Crippen LogP contribution < -0.4 is 8.32 Å². The molecule has 0 amide bonds. The zero-order valence-electron chi connectivity index (χ0n) is 11.5. The average Bonchev–Trinajstić information content (AvgIpc) is 2.39. The van der Waals surface area contributed by atoms with Gasteiger partial charge in [0.05, 0.1) is 0 Å². The summed E-state index contributed by atoms with van der Waals surface area (Å²) in [4.78, 5) is 18.2. The number of para-hydroxylation sites is 1. The van der Waals surface area contributed by atoms with Gasteiger partial charge in [0.15, 0.2) is 0 Å². The van der Waals surface area contributed by atoms with Crippen LogP contribution in [0.2, 0.25) is 14.8 Å². The molecule has 0 aliphatic heterocycles. The van der Waals surface area contributed by atoms with E-state index in [-0.39, 0.29) is 0 Å². The molecule has 0 N–H and O–H groups in total. The van der Waals surface area contributed by atoms with E-state index in [1.54, 1.807) is 0 Å². The molecule has 0 bridgehead atoms. The number of carbonyl (C=O) groups excluding carboxylic acids is 1. The number of rotatable bonds is 4. The summed E-state index contributed by atoms with van der Waals surface area (Å²) in [7, 11) is 0. The van der Waals surface area contributed by atoms with Crippen LogP contribution >= 0.6 is 0 Å². The van der Waals surface area contributed by atoms with Crippen LogP contribution in [0.4, 0.5) is 0 Å². The van der Waals surface area contributed by atoms with Crippen LogP contribution in [0, 0.1) is 0 Å². The van der Waals surface area contributed by atoms with Crippen molar-refractivity contribution in [1.82, 2.24) is 0 Å². The van der Waals surface area contributed by atoms with Crippen molar-refractivity contribution in [2.45, 2.75) is 14.8 Å². The molecule has 0 aliphatic carbocycles. The van der Waals surface area contributed by atoms with Gasteiger partial charge in [0.2, 0.25) is 0 Å². The van der Waals surface area contributed by atoms with Gasteiger partial charge in [0, 0.05) is 0 Å². The van der Waals surface area contributed by atoms with E-state index in [1.807, 2.05) is 42.5 Å². The summed E-state index contributed by atoms with van der Waals surface area (Å²) < 4.78 is 7.09. The number of carbonyl (C=O) groups is 1. The molecular weight excluding hydrogens is 343 g/mol. The summed E-state index contributed by atoms with van der Waals surface area (Å²) in [5.41, 5.74) is 0.632. The first-order valence-corrected chi connectivity index (χ1v) is 16.3. The molecule has 0 spiro atoms.